The second-order valence-corrected chi connectivity index (χ2v) is 16.4. The fraction of sp³-hybridized carbons (Fsp3) is 0.196. The molecule has 0 saturated carbocycles. The molecule has 0 saturated heterocycles. The van der Waals surface area contributed by atoms with Crippen LogP contribution in [0.1, 0.15) is 59.7 Å². The Bertz CT molecular complexity index is 2860. The second-order valence-electron chi connectivity index (χ2n) is 16.4. The third kappa shape index (κ3) is 5.34. The van der Waals surface area contributed by atoms with Gasteiger partial charge in [0.1, 0.15) is 5.52 Å². The molecule has 9 rings (SSSR count). The van der Waals surface area contributed by atoms with E-state index in [1.807, 2.05) is 0 Å². The number of oxazole rings is 1. The zero-order chi connectivity index (χ0) is 36.9. The van der Waals surface area contributed by atoms with Crippen LogP contribution in [0.4, 0.5) is 0 Å². The van der Waals surface area contributed by atoms with E-state index in [-0.39, 0.29) is 5.41 Å². The molecule has 0 unspecified atom stereocenters. The normalized spacial score (nSPS) is 12.2. The Kier molecular flexibility index (Phi) is 7.44. The molecule has 0 spiro atoms. The van der Waals surface area contributed by atoms with E-state index in [1.54, 1.807) is 0 Å². The fourth-order valence-electron chi connectivity index (χ4n) is 8.69. The predicted molar refractivity (Wildman–Crippen MR) is 227 cm³/mol. The van der Waals surface area contributed by atoms with Crippen molar-refractivity contribution in [2.24, 2.45) is 0 Å². The summed E-state index contributed by atoms with van der Waals surface area (Å²) < 4.78 is 6.68. The van der Waals surface area contributed by atoms with Crippen LogP contribution < -0.4 is 0 Å². The standard InChI is InChI=1S/C51H45NO/c1-28-10-14-35(31(4)22-28)42-26-43(36-15-11-29(2)23-32(36)5)39-19-20-41-45(50-52-46-25-34(51(7,8)9)13-21-47(46)53-50)27-44(37-16-12-30(3)24-33(37)6)40-18-17-38(42)48(39)49(40)41/h10-27H,1-9H3. The molecule has 9 aromatic rings. The second kappa shape index (κ2) is 11.9. The van der Waals surface area contributed by atoms with Crippen LogP contribution in [0.5, 0.6) is 0 Å². The topological polar surface area (TPSA) is 26.0 Å². The highest BCUT2D eigenvalue weighted by Gasteiger charge is 2.24. The van der Waals surface area contributed by atoms with E-state index in [2.05, 4.69) is 172 Å². The number of fused-ring (bicyclic) bond motifs is 1. The number of hydrogen-bond donors (Lipinski definition) is 0. The smallest absolute Gasteiger partial charge is 0.227 e. The summed E-state index contributed by atoms with van der Waals surface area (Å²) in [5.74, 6) is 0.652. The van der Waals surface area contributed by atoms with Crippen LogP contribution in [0.15, 0.2) is 114 Å². The maximum atomic E-state index is 6.68. The first-order valence-electron chi connectivity index (χ1n) is 18.8. The maximum absolute atomic E-state index is 6.68. The van der Waals surface area contributed by atoms with Crippen LogP contribution >= 0.6 is 0 Å². The SMILES string of the molecule is Cc1ccc(-c2cc(-c3nc4cc(C(C)(C)C)ccc4o3)c3ccc4c(-c5ccc(C)cc5C)cc(-c5ccc(C)cc5C)c5ccc2c3c45)c(C)c1. The van der Waals surface area contributed by atoms with Gasteiger partial charge in [-0.15, -0.1) is 0 Å². The van der Waals surface area contributed by atoms with E-state index in [0.29, 0.717) is 5.89 Å². The Hall–Kier alpha value is -5.73. The highest BCUT2D eigenvalue weighted by atomic mass is 16.3. The molecule has 2 heteroatoms. The van der Waals surface area contributed by atoms with Gasteiger partial charge < -0.3 is 4.42 Å². The van der Waals surface area contributed by atoms with Gasteiger partial charge in [-0.25, -0.2) is 4.98 Å². The third-order valence-electron chi connectivity index (χ3n) is 11.4. The van der Waals surface area contributed by atoms with Gasteiger partial charge in [-0.2, -0.15) is 0 Å². The molecular weight excluding hydrogens is 643 g/mol. The molecule has 0 bridgehead atoms. The van der Waals surface area contributed by atoms with Crippen molar-refractivity contribution in [2.75, 3.05) is 0 Å². The van der Waals surface area contributed by atoms with Crippen LogP contribution in [0.25, 0.3) is 88.3 Å². The lowest BCUT2D eigenvalue weighted by atomic mass is 9.81. The van der Waals surface area contributed by atoms with E-state index in [0.717, 1.165) is 22.0 Å². The van der Waals surface area contributed by atoms with Crippen molar-refractivity contribution in [2.45, 2.75) is 67.7 Å². The minimum Gasteiger partial charge on any atom is -0.436 e. The van der Waals surface area contributed by atoms with Crippen LogP contribution in [0.3, 0.4) is 0 Å². The van der Waals surface area contributed by atoms with Gasteiger partial charge in [-0.05, 0) is 159 Å². The third-order valence-corrected chi connectivity index (χ3v) is 11.4. The molecule has 0 amide bonds. The van der Waals surface area contributed by atoms with Gasteiger partial charge in [0.15, 0.2) is 5.58 Å². The molecule has 0 atom stereocenters. The maximum Gasteiger partial charge on any atom is 0.227 e. The summed E-state index contributed by atoms with van der Waals surface area (Å²) in [6, 6.07) is 41.1. The molecule has 0 N–H and O–H groups in total. The Morgan fingerprint density at radius 3 is 1.25 bits per heavy atom. The van der Waals surface area contributed by atoms with Crippen LogP contribution in [-0.4, -0.2) is 4.98 Å². The Labute approximate surface area is 312 Å². The molecule has 0 radical (unpaired) electrons. The molecule has 1 heterocycles. The van der Waals surface area contributed by atoms with Gasteiger partial charge in [-0.1, -0.05) is 122 Å². The average molecular weight is 688 g/mol. The van der Waals surface area contributed by atoms with Gasteiger partial charge in [0.05, 0.1) is 0 Å². The summed E-state index contributed by atoms with van der Waals surface area (Å²) >= 11 is 0. The van der Waals surface area contributed by atoms with Crippen molar-refractivity contribution in [3.8, 4) is 44.8 Å². The van der Waals surface area contributed by atoms with Crippen molar-refractivity contribution in [3.63, 3.8) is 0 Å². The van der Waals surface area contributed by atoms with E-state index in [4.69, 9.17) is 9.40 Å². The summed E-state index contributed by atoms with van der Waals surface area (Å²) in [6.07, 6.45) is 0. The molecular formula is C51H45NO. The number of rotatable bonds is 4. The summed E-state index contributed by atoms with van der Waals surface area (Å²) in [4.78, 5) is 5.21. The van der Waals surface area contributed by atoms with E-state index < -0.39 is 0 Å². The van der Waals surface area contributed by atoms with E-state index >= 15 is 0 Å². The largest absolute Gasteiger partial charge is 0.436 e. The Morgan fingerprint density at radius 2 is 0.830 bits per heavy atom. The number of aryl methyl sites for hydroxylation is 6. The predicted octanol–water partition coefficient (Wildman–Crippen LogP) is 14.5. The van der Waals surface area contributed by atoms with Gasteiger partial charge >= 0.3 is 0 Å². The molecule has 0 aliphatic carbocycles. The van der Waals surface area contributed by atoms with Crippen molar-refractivity contribution in [1.82, 2.24) is 4.98 Å². The number of benzene rings is 8. The first-order valence-corrected chi connectivity index (χ1v) is 18.8. The van der Waals surface area contributed by atoms with Crippen molar-refractivity contribution < 1.29 is 4.42 Å². The van der Waals surface area contributed by atoms with Gasteiger partial charge in [-0.3, -0.25) is 0 Å². The van der Waals surface area contributed by atoms with Crippen LogP contribution in [0, 0.1) is 41.5 Å². The minimum absolute atomic E-state index is 0.0114. The number of aromatic nitrogens is 1. The quantitative estimate of drug-likeness (QED) is 0.172. The van der Waals surface area contributed by atoms with E-state index in [1.165, 1.54) is 99.3 Å². The number of hydrogen-bond acceptors (Lipinski definition) is 2. The Morgan fingerprint density at radius 1 is 0.415 bits per heavy atom. The van der Waals surface area contributed by atoms with E-state index in [9.17, 15) is 0 Å². The van der Waals surface area contributed by atoms with Gasteiger partial charge in [0, 0.05) is 5.56 Å². The number of nitrogens with zero attached hydrogens (tertiary/aromatic N) is 1. The van der Waals surface area contributed by atoms with Gasteiger partial charge in [0.2, 0.25) is 5.89 Å². The van der Waals surface area contributed by atoms with Crippen molar-refractivity contribution in [1.29, 1.82) is 0 Å². The molecule has 0 fully saturated rings. The zero-order valence-corrected chi connectivity index (χ0v) is 32.2. The molecule has 0 aliphatic heterocycles. The highest BCUT2D eigenvalue weighted by Crippen LogP contribution is 2.49. The lowest BCUT2D eigenvalue weighted by Crippen LogP contribution is -2.10. The summed E-state index contributed by atoms with van der Waals surface area (Å²) in [5.41, 5.74) is 19.1. The highest BCUT2D eigenvalue weighted by molar-refractivity contribution is 6.32. The molecule has 1 aromatic heterocycles. The van der Waals surface area contributed by atoms with Crippen molar-refractivity contribution in [3.05, 3.63) is 148 Å². The average Bonchev–Trinajstić information content (AvgIpc) is 3.54. The summed E-state index contributed by atoms with van der Waals surface area (Å²) in [5, 5.41) is 7.45. The monoisotopic (exact) mass is 687 g/mol. The molecule has 2 nitrogen and oxygen atoms in total. The lowest BCUT2D eigenvalue weighted by molar-refractivity contribution is 0.590. The minimum atomic E-state index is 0.0114. The molecule has 0 aliphatic rings. The lowest BCUT2D eigenvalue weighted by Gasteiger charge is -2.22. The summed E-state index contributed by atoms with van der Waals surface area (Å²) in [7, 11) is 0. The molecule has 260 valence electrons. The first-order chi connectivity index (χ1) is 25.4. The molecule has 53 heavy (non-hydrogen) atoms. The zero-order valence-electron chi connectivity index (χ0n) is 32.2. The van der Waals surface area contributed by atoms with Crippen LogP contribution in [0.2, 0.25) is 0 Å². The van der Waals surface area contributed by atoms with Crippen LogP contribution in [-0.2, 0) is 5.41 Å². The Balaban J connectivity index is 1.45. The molecule has 8 aromatic carbocycles. The first kappa shape index (κ1) is 33.1. The van der Waals surface area contributed by atoms with Crippen molar-refractivity contribution >= 4 is 43.4 Å². The van der Waals surface area contributed by atoms with Gasteiger partial charge in [0.25, 0.3) is 0 Å². The summed E-state index contributed by atoms with van der Waals surface area (Å²) in [6.45, 7) is 19.9. The fourth-order valence-corrected chi connectivity index (χ4v) is 8.69.